The monoisotopic (exact) mass is 327 g/mol. The summed E-state index contributed by atoms with van der Waals surface area (Å²) in [5.41, 5.74) is 1.85. The van der Waals surface area contributed by atoms with Crippen molar-refractivity contribution in [3.8, 4) is 0 Å². The Hall–Kier alpha value is -2.82. The first-order chi connectivity index (χ1) is 11.5. The summed E-state index contributed by atoms with van der Waals surface area (Å²) in [5.74, 6) is -0.888. The van der Waals surface area contributed by atoms with Crippen LogP contribution in [0.4, 0.5) is 14.5 Å². The highest BCUT2D eigenvalue weighted by Crippen LogP contribution is 2.26. The van der Waals surface area contributed by atoms with Gasteiger partial charge >= 0.3 is 0 Å². The van der Waals surface area contributed by atoms with Crippen molar-refractivity contribution in [1.29, 1.82) is 0 Å². The smallest absolute Gasteiger partial charge is 0.168 e. The number of aliphatic hydroxyl groups excluding tert-OH is 1. The van der Waals surface area contributed by atoms with Crippen LogP contribution in [0.5, 0.6) is 0 Å². The molecule has 0 aromatic heterocycles. The SMILES string of the molecule is O=C1CCC(O)=C1C(Cc1ccc(F)cc1)=Nc1ccc(F)cc1. The number of carbonyl (C=O) groups excluding carboxylic acids is 1. The van der Waals surface area contributed by atoms with Crippen molar-refractivity contribution in [2.24, 2.45) is 4.99 Å². The molecule has 24 heavy (non-hydrogen) atoms. The van der Waals surface area contributed by atoms with Crippen LogP contribution in [0.2, 0.25) is 0 Å². The number of aliphatic hydroxyl groups is 1. The minimum absolute atomic E-state index is 0.0166. The Morgan fingerprint density at radius 2 is 1.54 bits per heavy atom. The molecule has 0 bridgehead atoms. The van der Waals surface area contributed by atoms with Crippen molar-refractivity contribution >= 4 is 17.2 Å². The molecule has 0 radical (unpaired) electrons. The Morgan fingerprint density at radius 3 is 2.08 bits per heavy atom. The third-order valence-electron chi connectivity index (χ3n) is 3.82. The van der Waals surface area contributed by atoms with Gasteiger partial charge in [-0.05, 0) is 42.0 Å². The fourth-order valence-corrected chi connectivity index (χ4v) is 2.62. The third kappa shape index (κ3) is 3.56. The molecule has 3 nitrogen and oxygen atoms in total. The number of rotatable bonds is 4. The number of halogens is 2. The van der Waals surface area contributed by atoms with Crippen molar-refractivity contribution in [2.75, 3.05) is 0 Å². The van der Waals surface area contributed by atoms with Gasteiger partial charge in [0.1, 0.15) is 17.4 Å². The highest BCUT2D eigenvalue weighted by atomic mass is 19.1. The van der Waals surface area contributed by atoms with Gasteiger partial charge in [0, 0.05) is 19.3 Å². The van der Waals surface area contributed by atoms with Gasteiger partial charge in [0.05, 0.1) is 17.0 Å². The number of hydrogen-bond acceptors (Lipinski definition) is 3. The van der Waals surface area contributed by atoms with Gasteiger partial charge in [0.15, 0.2) is 5.78 Å². The van der Waals surface area contributed by atoms with E-state index in [2.05, 4.69) is 4.99 Å². The zero-order chi connectivity index (χ0) is 17.1. The predicted octanol–water partition coefficient (Wildman–Crippen LogP) is 4.46. The zero-order valence-corrected chi connectivity index (χ0v) is 12.8. The van der Waals surface area contributed by atoms with Crippen LogP contribution in [0.15, 0.2) is 64.9 Å². The molecule has 2 aromatic rings. The molecule has 2 aromatic carbocycles. The fourth-order valence-electron chi connectivity index (χ4n) is 2.62. The Labute approximate surface area is 138 Å². The first-order valence-corrected chi connectivity index (χ1v) is 7.56. The van der Waals surface area contributed by atoms with Crippen molar-refractivity contribution in [3.63, 3.8) is 0 Å². The van der Waals surface area contributed by atoms with E-state index >= 15 is 0 Å². The van der Waals surface area contributed by atoms with Gasteiger partial charge in [-0.2, -0.15) is 0 Å². The van der Waals surface area contributed by atoms with Crippen molar-refractivity contribution in [3.05, 3.63) is 77.1 Å². The lowest BCUT2D eigenvalue weighted by molar-refractivity contribution is -0.114. The molecule has 1 N–H and O–H groups in total. The number of nitrogens with zero attached hydrogens (tertiary/aromatic N) is 1. The average Bonchev–Trinajstić information content (AvgIpc) is 2.90. The molecule has 0 saturated carbocycles. The van der Waals surface area contributed by atoms with Gasteiger partial charge < -0.3 is 5.11 Å². The topological polar surface area (TPSA) is 49.7 Å². The second-order valence-corrected chi connectivity index (χ2v) is 5.58. The highest BCUT2D eigenvalue weighted by Gasteiger charge is 2.27. The van der Waals surface area contributed by atoms with Gasteiger partial charge in [-0.15, -0.1) is 0 Å². The number of hydrogen-bond donors (Lipinski definition) is 1. The van der Waals surface area contributed by atoms with Crippen LogP contribution in [0.1, 0.15) is 18.4 Å². The fraction of sp³-hybridized carbons (Fsp3) is 0.158. The number of carbonyl (C=O) groups is 1. The van der Waals surface area contributed by atoms with E-state index in [1.54, 1.807) is 12.1 Å². The van der Waals surface area contributed by atoms with Crippen LogP contribution in [-0.2, 0) is 11.2 Å². The number of allylic oxidation sites excluding steroid dienone is 2. The molecule has 1 aliphatic carbocycles. The Bertz CT molecular complexity index is 821. The number of benzene rings is 2. The molecule has 0 saturated heterocycles. The van der Waals surface area contributed by atoms with Gasteiger partial charge in [-0.25, -0.2) is 8.78 Å². The van der Waals surface area contributed by atoms with Crippen molar-refractivity contribution in [1.82, 2.24) is 0 Å². The quantitative estimate of drug-likeness (QED) is 0.843. The molecule has 0 aliphatic heterocycles. The van der Waals surface area contributed by atoms with Gasteiger partial charge in [-0.1, -0.05) is 12.1 Å². The largest absolute Gasteiger partial charge is 0.511 e. The van der Waals surface area contributed by atoms with E-state index in [0.29, 0.717) is 17.8 Å². The molecular formula is C19H15F2NO2. The second kappa shape index (κ2) is 6.74. The maximum atomic E-state index is 13.1. The molecular weight excluding hydrogens is 312 g/mol. The number of ketones is 1. The van der Waals surface area contributed by atoms with E-state index in [0.717, 1.165) is 5.56 Å². The lowest BCUT2D eigenvalue weighted by Gasteiger charge is -2.09. The third-order valence-corrected chi connectivity index (χ3v) is 3.82. The number of Topliss-reactive ketones (excluding diaryl/α,β-unsaturated/α-hetero) is 1. The standard InChI is InChI=1S/C19H15F2NO2/c20-13-3-1-12(2-4-13)11-16(19-17(23)9-10-18(19)24)22-15-7-5-14(21)6-8-15/h1-8,23H,9-11H2. The lowest BCUT2D eigenvalue weighted by Crippen LogP contribution is -2.13. The summed E-state index contributed by atoms with van der Waals surface area (Å²) in [6.07, 6.45) is 0.801. The average molecular weight is 327 g/mol. The Morgan fingerprint density at radius 1 is 0.958 bits per heavy atom. The summed E-state index contributed by atoms with van der Waals surface area (Å²) < 4.78 is 26.1. The molecule has 0 amide bonds. The Balaban J connectivity index is 2.00. The summed E-state index contributed by atoms with van der Waals surface area (Å²) in [6.45, 7) is 0. The van der Waals surface area contributed by atoms with Crippen LogP contribution >= 0.6 is 0 Å². The molecule has 0 spiro atoms. The molecule has 5 heteroatoms. The summed E-state index contributed by atoms with van der Waals surface area (Å²) in [7, 11) is 0. The second-order valence-electron chi connectivity index (χ2n) is 5.58. The summed E-state index contributed by atoms with van der Waals surface area (Å²) in [6, 6.07) is 11.4. The van der Waals surface area contributed by atoms with Crippen LogP contribution in [0.25, 0.3) is 0 Å². The molecule has 122 valence electrons. The number of aliphatic imine (C=N–C) groups is 1. The molecule has 0 atom stereocenters. The maximum Gasteiger partial charge on any atom is 0.168 e. The Kier molecular flexibility index (Phi) is 4.51. The van der Waals surface area contributed by atoms with E-state index in [-0.39, 0.29) is 41.6 Å². The van der Waals surface area contributed by atoms with Gasteiger partial charge in [0.25, 0.3) is 0 Å². The van der Waals surface area contributed by atoms with E-state index in [1.165, 1.54) is 36.4 Å². The first-order valence-electron chi connectivity index (χ1n) is 7.56. The summed E-state index contributed by atoms with van der Waals surface area (Å²) in [5, 5.41) is 10.0. The normalized spacial score (nSPS) is 15.2. The molecule has 1 aliphatic rings. The van der Waals surface area contributed by atoms with Gasteiger partial charge in [0.2, 0.25) is 0 Å². The highest BCUT2D eigenvalue weighted by molar-refractivity contribution is 6.25. The van der Waals surface area contributed by atoms with Crippen LogP contribution in [0.3, 0.4) is 0 Å². The summed E-state index contributed by atoms with van der Waals surface area (Å²) in [4.78, 5) is 16.5. The zero-order valence-electron chi connectivity index (χ0n) is 12.8. The van der Waals surface area contributed by atoms with Gasteiger partial charge in [-0.3, -0.25) is 9.79 Å². The first kappa shape index (κ1) is 16.1. The minimum Gasteiger partial charge on any atom is -0.511 e. The molecule has 0 fully saturated rings. The molecule has 0 unspecified atom stereocenters. The predicted molar refractivity (Wildman–Crippen MR) is 87.5 cm³/mol. The van der Waals surface area contributed by atoms with Crippen LogP contribution in [0, 0.1) is 11.6 Å². The minimum atomic E-state index is -0.381. The summed E-state index contributed by atoms with van der Waals surface area (Å²) >= 11 is 0. The van der Waals surface area contributed by atoms with E-state index in [9.17, 15) is 18.7 Å². The van der Waals surface area contributed by atoms with Crippen LogP contribution in [-0.4, -0.2) is 16.6 Å². The maximum absolute atomic E-state index is 13.1. The van der Waals surface area contributed by atoms with E-state index < -0.39 is 0 Å². The van der Waals surface area contributed by atoms with Crippen molar-refractivity contribution in [2.45, 2.75) is 19.3 Å². The van der Waals surface area contributed by atoms with E-state index in [4.69, 9.17) is 0 Å². The van der Waals surface area contributed by atoms with Crippen LogP contribution < -0.4 is 0 Å². The lowest BCUT2D eigenvalue weighted by atomic mass is 10.0. The van der Waals surface area contributed by atoms with E-state index in [1.807, 2.05) is 0 Å². The molecule has 3 rings (SSSR count). The van der Waals surface area contributed by atoms with Crippen molar-refractivity contribution < 1.29 is 18.7 Å². The molecule has 0 heterocycles.